The Hall–Kier alpha value is -0.100. The van der Waals surface area contributed by atoms with Gasteiger partial charge in [0.25, 0.3) is 0 Å². The Morgan fingerprint density at radius 1 is 1.62 bits per heavy atom. The second kappa shape index (κ2) is 3.96. The summed E-state index contributed by atoms with van der Waals surface area (Å²) in [5, 5.41) is 1.85. The van der Waals surface area contributed by atoms with E-state index in [1.807, 2.05) is 11.4 Å². The molecule has 1 fully saturated rings. The molecular formula is C9H9IO2S. The molecule has 4 heteroatoms. The van der Waals surface area contributed by atoms with Gasteiger partial charge in [-0.25, -0.2) is 4.79 Å². The van der Waals surface area contributed by atoms with E-state index in [1.54, 1.807) is 11.3 Å². The summed E-state index contributed by atoms with van der Waals surface area (Å²) in [7, 11) is 0. The van der Waals surface area contributed by atoms with Gasteiger partial charge in [-0.3, -0.25) is 0 Å². The Morgan fingerprint density at radius 2 is 2.38 bits per heavy atom. The third-order valence-electron chi connectivity index (χ3n) is 2.13. The summed E-state index contributed by atoms with van der Waals surface area (Å²) in [4.78, 5) is 11.4. The van der Waals surface area contributed by atoms with Crippen LogP contribution >= 0.6 is 33.9 Å². The van der Waals surface area contributed by atoms with Crippen molar-refractivity contribution in [3.8, 4) is 0 Å². The molecule has 0 atom stereocenters. The molecule has 0 bridgehead atoms. The minimum atomic E-state index is -0.163. The number of thiophene rings is 1. The van der Waals surface area contributed by atoms with Crippen LogP contribution in [0.4, 0.5) is 0 Å². The van der Waals surface area contributed by atoms with Crippen LogP contribution in [0.1, 0.15) is 29.6 Å². The number of rotatable bonds is 2. The maximum atomic E-state index is 11.4. The topological polar surface area (TPSA) is 26.3 Å². The fraction of sp³-hybridized carbons (Fsp3) is 0.444. The van der Waals surface area contributed by atoms with Crippen molar-refractivity contribution < 1.29 is 9.53 Å². The summed E-state index contributed by atoms with van der Waals surface area (Å²) in [6.45, 7) is 0. The fourth-order valence-electron chi connectivity index (χ4n) is 1.13. The Bertz CT molecular complexity index is 317. The lowest BCUT2D eigenvalue weighted by Crippen LogP contribution is -2.24. The van der Waals surface area contributed by atoms with Gasteiger partial charge in [0.2, 0.25) is 0 Å². The smallest absolute Gasteiger partial charge is 0.339 e. The number of ether oxygens (including phenoxy) is 1. The minimum Gasteiger partial charge on any atom is -0.459 e. The Morgan fingerprint density at radius 3 is 2.85 bits per heavy atom. The molecule has 1 aromatic rings. The minimum absolute atomic E-state index is 0.163. The summed E-state index contributed by atoms with van der Waals surface area (Å²) in [5.74, 6) is -0.163. The molecule has 1 aliphatic carbocycles. The van der Waals surface area contributed by atoms with E-state index in [2.05, 4.69) is 22.6 Å². The van der Waals surface area contributed by atoms with Crippen LogP contribution < -0.4 is 0 Å². The lowest BCUT2D eigenvalue weighted by atomic mass is 9.96. The van der Waals surface area contributed by atoms with E-state index in [0.29, 0.717) is 5.56 Å². The second-order valence-corrected chi connectivity index (χ2v) is 5.90. The summed E-state index contributed by atoms with van der Waals surface area (Å²) in [5.41, 5.74) is 0.696. The number of hydrogen-bond donors (Lipinski definition) is 0. The van der Waals surface area contributed by atoms with Gasteiger partial charge in [0.05, 0.1) is 8.45 Å². The molecule has 0 N–H and O–H groups in total. The van der Waals surface area contributed by atoms with Crippen molar-refractivity contribution in [3.05, 3.63) is 19.9 Å². The maximum Gasteiger partial charge on any atom is 0.339 e. The van der Waals surface area contributed by atoms with Crippen molar-refractivity contribution in [2.45, 2.75) is 25.4 Å². The van der Waals surface area contributed by atoms with Gasteiger partial charge in [0, 0.05) is 5.38 Å². The Kier molecular flexibility index (Phi) is 2.88. The highest BCUT2D eigenvalue weighted by Crippen LogP contribution is 2.24. The molecule has 1 heterocycles. The number of hydrogen-bond acceptors (Lipinski definition) is 3. The van der Waals surface area contributed by atoms with E-state index in [4.69, 9.17) is 4.74 Å². The zero-order valence-corrected chi connectivity index (χ0v) is 9.93. The highest BCUT2D eigenvalue weighted by molar-refractivity contribution is 14.1. The van der Waals surface area contributed by atoms with E-state index in [1.165, 1.54) is 6.42 Å². The quantitative estimate of drug-likeness (QED) is 0.620. The lowest BCUT2D eigenvalue weighted by Gasteiger charge is -2.24. The predicted octanol–water partition coefficient (Wildman–Crippen LogP) is 3.06. The van der Waals surface area contributed by atoms with Crippen molar-refractivity contribution in [2.75, 3.05) is 0 Å². The van der Waals surface area contributed by atoms with Crippen molar-refractivity contribution in [2.24, 2.45) is 0 Å². The molecule has 0 radical (unpaired) electrons. The van der Waals surface area contributed by atoms with Gasteiger partial charge in [-0.05, 0) is 47.9 Å². The number of esters is 1. The van der Waals surface area contributed by atoms with Crippen LogP contribution in [0.5, 0.6) is 0 Å². The van der Waals surface area contributed by atoms with E-state index in [9.17, 15) is 4.79 Å². The van der Waals surface area contributed by atoms with Crippen LogP contribution in [0.25, 0.3) is 0 Å². The van der Waals surface area contributed by atoms with Crippen LogP contribution in [0, 0.1) is 2.88 Å². The number of halogens is 1. The normalized spacial score (nSPS) is 16.7. The molecule has 1 aromatic heterocycles. The third-order valence-corrected chi connectivity index (χ3v) is 3.92. The molecule has 70 valence electrons. The zero-order chi connectivity index (χ0) is 9.26. The standard InChI is InChI=1S/C9H9IO2S/c10-8-4-6(5-13-8)9(11)12-7-2-1-3-7/h4-5,7H,1-3H2. The molecular weight excluding hydrogens is 299 g/mol. The first kappa shape index (κ1) is 9.45. The monoisotopic (exact) mass is 308 g/mol. The van der Waals surface area contributed by atoms with E-state index in [0.717, 1.165) is 15.7 Å². The van der Waals surface area contributed by atoms with Crippen LogP contribution in [-0.2, 0) is 4.74 Å². The van der Waals surface area contributed by atoms with Crippen LogP contribution in [0.3, 0.4) is 0 Å². The molecule has 0 unspecified atom stereocenters. The molecule has 2 nitrogen and oxygen atoms in total. The van der Waals surface area contributed by atoms with Gasteiger partial charge in [-0.1, -0.05) is 0 Å². The average molecular weight is 308 g/mol. The second-order valence-electron chi connectivity index (χ2n) is 3.10. The molecule has 0 amide bonds. The molecule has 0 saturated heterocycles. The molecule has 2 rings (SSSR count). The molecule has 0 spiro atoms. The van der Waals surface area contributed by atoms with Crippen LogP contribution in [-0.4, -0.2) is 12.1 Å². The van der Waals surface area contributed by atoms with Crippen molar-refractivity contribution in [1.82, 2.24) is 0 Å². The first-order valence-electron chi connectivity index (χ1n) is 4.21. The Balaban J connectivity index is 1.96. The first-order valence-corrected chi connectivity index (χ1v) is 6.16. The number of carbonyl (C=O) groups excluding carboxylic acids is 1. The predicted molar refractivity (Wildman–Crippen MR) is 60.1 cm³/mol. The molecule has 1 aliphatic rings. The summed E-state index contributed by atoms with van der Waals surface area (Å²) < 4.78 is 6.37. The highest BCUT2D eigenvalue weighted by atomic mass is 127. The van der Waals surface area contributed by atoms with Gasteiger partial charge >= 0.3 is 5.97 Å². The Labute approximate surface area is 94.4 Å². The van der Waals surface area contributed by atoms with Gasteiger partial charge in [-0.15, -0.1) is 11.3 Å². The zero-order valence-electron chi connectivity index (χ0n) is 6.96. The average Bonchev–Trinajstić information content (AvgIpc) is 2.44. The number of carbonyl (C=O) groups is 1. The molecule has 0 aliphatic heterocycles. The van der Waals surface area contributed by atoms with Crippen molar-refractivity contribution in [1.29, 1.82) is 0 Å². The van der Waals surface area contributed by atoms with Gasteiger partial charge < -0.3 is 4.74 Å². The largest absolute Gasteiger partial charge is 0.459 e. The maximum absolute atomic E-state index is 11.4. The summed E-state index contributed by atoms with van der Waals surface area (Å²) in [6.07, 6.45) is 3.45. The van der Waals surface area contributed by atoms with Gasteiger partial charge in [0.15, 0.2) is 0 Å². The SMILES string of the molecule is O=C(OC1CCC1)c1csc(I)c1. The van der Waals surface area contributed by atoms with Crippen LogP contribution in [0.15, 0.2) is 11.4 Å². The molecule has 0 aromatic carbocycles. The van der Waals surface area contributed by atoms with Gasteiger partial charge in [-0.2, -0.15) is 0 Å². The van der Waals surface area contributed by atoms with Crippen molar-refractivity contribution in [3.63, 3.8) is 0 Å². The van der Waals surface area contributed by atoms with E-state index < -0.39 is 0 Å². The molecule has 13 heavy (non-hydrogen) atoms. The lowest BCUT2D eigenvalue weighted by molar-refractivity contribution is 0.00906. The highest BCUT2D eigenvalue weighted by Gasteiger charge is 2.22. The first-order chi connectivity index (χ1) is 6.25. The third kappa shape index (κ3) is 2.22. The summed E-state index contributed by atoms with van der Waals surface area (Å²) >= 11 is 3.77. The van der Waals surface area contributed by atoms with Crippen LogP contribution in [0.2, 0.25) is 0 Å². The summed E-state index contributed by atoms with van der Waals surface area (Å²) in [6, 6.07) is 1.87. The van der Waals surface area contributed by atoms with E-state index >= 15 is 0 Å². The van der Waals surface area contributed by atoms with Crippen molar-refractivity contribution >= 4 is 39.9 Å². The fourth-order valence-corrected chi connectivity index (χ4v) is 2.44. The molecule has 1 saturated carbocycles. The van der Waals surface area contributed by atoms with Gasteiger partial charge in [0.1, 0.15) is 6.10 Å². The van der Waals surface area contributed by atoms with E-state index in [-0.39, 0.29) is 12.1 Å².